The molecule has 0 saturated carbocycles. The fourth-order valence-corrected chi connectivity index (χ4v) is 3.17. The summed E-state index contributed by atoms with van der Waals surface area (Å²) in [5.74, 6) is 0. The Kier molecular flexibility index (Phi) is 4.19. The molecule has 2 aromatic rings. The van der Waals surface area contributed by atoms with Crippen LogP contribution in [0.1, 0.15) is 18.5 Å². The van der Waals surface area contributed by atoms with Crippen molar-refractivity contribution in [2.75, 3.05) is 0 Å². The SMILES string of the molecule is C[C@@H](NS(=O)(=O)c1cccc(Cl)c1)c1cccnc1. The van der Waals surface area contributed by atoms with E-state index in [0.29, 0.717) is 5.02 Å². The number of sulfonamides is 1. The third-order valence-electron chi connectivity index (χ3n) is 2.62. The van der Waals surface area contributed by atoms with Crippen LogP contribution in [0, 0.1) is 0 Å². The Morgan fingerprint density at radius 3 is 2.68 bits per heavy atom. The maximum atomic E-state index is 12.2. The van der Waals surface area contributed by atoms with Gasteiger partial charge in [0.2, 0.25) is 10.0 Å². The third kappa shape index (κ3) is 3.53. The van der Waals surface area contributed by atoms with Gasteiger partial charge in [-0.05, 0) is 36.8 Å². The van der Waals surface area contributed by atoms with Crippen LogP contribution in [0.4, 0.5) is 0 Å². The Morgan fingerprint density at radius 2 is 2.05 bits per heavy atom. The fourth-order valence-electron chi connectivity index (χ4n) is 1.64. The second-order valence-corrected chi connectivity index (χ2v) is 6.24. The lowest BCUT2D eigenvalue weighted by atomic mass is 10.2. The molecule has 0 radical (unpaired) electrons. The number of hydrogen-bond acceptors (Lipinski definition) is 3. The summed E-state index contributed by atoms with van der Waals surface area (Å²) in [4.78, 5) is 4.12. The van der Waals surface area contributed by atoms with Gasteiger partial charge < -0.3 is 0 Å². The van der Waals surface area contributed by atoms with Crippen LogP contribution in [-0.2, 0) is 10.0 Å². The molecule has 19 heavy (non-hydrogen) atoms. The summed E-state index contributed by atoms with van der Waals surface area (Å²) < 4.78 is 26.9. The lowest BCUT2D eigenvalue weighted by molar-refractivity contribution is 0.566. The molecule has 0 bridgehead atoms. The topological polar surface area (TPSA) is 59.1 Å². The average Bonchev–Trinajstić information content (AvgIpc) is 2.39. The lowest BCUT2D eigenvalue weighted by Gasteiger charge is -2.14. The zero-order chi connectivity index (χ0) is 13.9. The van der Waals surface area contributed by atoms with Crippen LogP contribution in [0.15, 0.2) is 53.7 Å². The standard InChI is InChI=1S/C13H13ClN2O2S/c1-10(11-4-3-7-15-9-11)16-19(17,18)13-6-2-5-12(14)8-13/h2-10,16H,1H3/t10-/m1/s1. The lowest BCUT2D eigenvalue weighted by Crippen LogP contribution is -2.26. The van der Waals surface area contributed by atoms with E-state index in [1.807, 2.05) is 6.07 Å². The van der Waals surface area contributed by atoms with Crippen LogP contribution >= 0.6 is 11.6 Å². The van der Waals surface area contributed by atoms with E-state index < -0.39 is 10.0 Å². The monoisotopic (exact) mass is 296 g/mol. The van der Waals surface area contributed by atoms with Gasteiger partial charge in [-0.15, -0.1) is 0 Å². The van der Waals surface area contributed by atoms with Crippen LogP contribution in [0.2, 0.25) is 5.02 Å². The Hall–Kier alpha value is -1.43. The number of pyridine rings is 1. The molecule has 4 nitrogen and oxygen atoms in total. The van der Waals surface area contributed by atoms with Gasteiger partial charge in [-0.3, -0.25) is 4.98 Å². The highest BCUT2D eigenvalue weighted by molar-refractivity contribution is 7.89. The number of nitrogens with zero attached hydrogens (tertiary/aromatic N) is 1. The van der Waals surface area contributed by atoms with Gasteiger partial charge in [0.05, 0.1) is 4.90 Å². The maximum Gasteiger partial charge on any atom is 0.241 e. The number of rotatable bonds is 4. The largest absolute Gasteiger partial charge is 0.264 e. The molecule has 1 atom stereocenters. The first-order valence-corrected chi connectivity index (χ1v) is 7.53. The van der Waals surface area contributed by atoms with Crippen LogP contribution in [0.3, 0.4) is 0 Å². The van der Waals surface area contributed by atoms with Gasteiger partial charge in [0, 0.05) is 23.5 Å². The normalized spacial score (nSPS) is 13.2. The number of aromatic nitrogens is 1. The summed E-state index contributed by atoms with van der Waals surface area (Å²) in [6.07, 6.45) is 3.27. The summed E-state index contributed by atoms with van der Waals surface area (Å²) in [7, 11) is -3.59. The number of nitrogens with one attached hydrogen (secondary N) is 1. The molecule has 0 fully saturated rings. The van der Waals surface area contributed by atoms with Gasteiger partial charge >= 0.3 is 0 Å². The van der Waals surface area contributed by atoms with E-state index in [1.165, 1.54) is 12.1 Å². The molecule has 6 heteroatoms. The third-order valence-corrected chi connectivity index (χ3v) is 4.40. The molecule has 2 rings (SSSR count). The summed E-state index contributed by atoms with van der Waals surface area (Å²) in [5, 5.41) is 0.386. The van der Waals surface area contributed by atoms with E-state index in [0.717, 1.165) is 5.56 Å². The number of halogens is 1. The van der Waals surface area contributed by atoms with Crippen molar-refractivity contribution in [2.24, 2.45) is 0 Å². The van der Waals surface area contributed by atoms with Gasteiger partial charge in [0.15, 0.2) is 0 Å². The van der Waals surface area contributed by atoms with Gasteiger partial charge in [0.1, 0.15) is 0 Å². The molecule has 0 unspecified atom stereocenters. The van der Waals surface area contributed by atoms with E-state index in [1.54, 1.807) is 37.5 Å². The van der Waals surface area contributed by atoms with Crippen molar-refractivity contribution in [3.8, 4) is 0 Å². The van der Waals surface area contributed by atoms with Gasteiger partial charge in [0.25, 0.3) is 0 Å². The molecule has 0 spiro atoms. The molecule has 0 saturated heterocycles. The van der Waals surface area contributed by atoms with Crippen LogP contribution < -0.4 is 4.72 Å². The first-order valence-electron chi connectivity index (χ1n) is 5.67. The minimum absolute atomic E-state index is 0.149. The van der Waals surface area contributed by atoms with Crippen molar-refractivity contribution >= 4 is 21.6 Å². The first-order chi connectivity index (χ1) is 8.99. The maximum absolute atomic E-state index is 12.2. The molecule has 1 aromatic carbocycles. The Bertz CT molecular complexity index is 659. The zero-order valence-corrected chi connectivity index (χ0v) is 11.8. The van der Waals surface area contributed by atoms with Crippen molar-refractivity contribution in [3.05, 3.63) is 59.4 Å². The second-order valence-electron chi connectivity index (χ2n) is 4.09. The highest BCUT2D eigenvalue weighted by Crippen LogP contribution is 2.18. The van der Waals surface area contributed by atoms with Crippen molar-refractivity contribution < 1.29 is 8.42 Å². The van der Waals surface area contributed by atoms with Crippen LogP contribution in [0.5, 0.6) is 0 Å². The quantitative estimate of drug-likeness (QED) is 0.944. The highest BCUT2D eigenvalue weighted by atomic mass is 35.5. The average molecular weight is 297 g/mol. The minimum atomic E-state index is -3.59. The van der Waals surface area contributed by atoms with Gasteiger partial charge in [-0.25, -0.2) is 13.1 Å². The predicted molar refractivity (Wildman–Crippen MR) is 74.4 cm³/mol. The van der Waals surface area contributed by atoms with Gasteiger partial charge in [-0.2, -0.15) is 0 Å². The smallest absolute Gasteiger partial charge is 0.241 e. The minimum Gasteiger partial charge on any atom is -0.264 e. The predicted octanol–water partition coefficient (Wildman–Crippen LogP) is 2.77. The molecule has 1 aromatic heterocycles. The van der Waals surface area contributed by atoms with E-state index in [-0.39, 0.29) is 10.9 Å². The van der Waals surface area contributed by atoms with Crippen molar-refractivity contribution in [2.45, 2.75) is 17.9 Å². The van der Waals surface area contributed by atoms with E-state index in [9.17, 15) is 8.42 Å². The first kappa shape index (κ1) is 14.0. The molecular formula is C13H13ClN2O2S. The van der Waals surface area contributed by atoms with E-state index in [4.69, 9.17) is 11.6 Å². The highest BCUT2D eigenvalue weighted by Gasteiger charge is 2.18. The molecule has 1 N–H and O–H groups in total. The summed E-state index contributed by atoms with van der Waals surface area (Å²) in [6, 6.07) is 9.37. The van der Waals surface area contributed by atoms with Crippen LogP contribution in [0.25, 0.3) is 0 Å². The summed E-state index contributed by atoms with van der Waals surface area (Å²) in [5.41, 5.74) is 0.799. The molecule has 0 aliphatic rings. The number of benzene rings is 1. The molecule has 100 valence electrons. The Balaban J connectivity index is 2.23. The van der Waals surface area contributed by atoms with Crippen molar-refractivity contribution in [1.82, 2.24) is 9.71 Å². The van der Waals surface area contributed by atoms with Crippen molar-refractivity contribution in [3.63, 3.8) is 0 Å². The summed E-state index contributed by atoms with van der Waals surface area (Å²) >= 11 is 5.80. The van der Waals surface area contributed by atoms with Crippen molar-refractivity contribution in [1.29, 1.82) is 0 Å². The van der Waals surface area contributed by atoms with E-state index >= 15 is 0 Å². The molecule has 1 heterocycles. The Labute approximate surface area is 117 Å². The second kappa shape index (κ2) is 5.69. The van der Waals surface area contributed by atoms with Gasteiger partial charge in [-0.1, -0.05) is 23.7 Å². The van der Waals surface area contributed by atoms with E-state index in [2.05, 4.69) is 9.71 Å². The Morgan fingerprint density at radius 1 is 1.26 bits per heavy atom. The zero-order valence-electron chi connectivity index (χ0n) is 10.2. The molecule has 0 amide bonds. The number of hydrogen-bond donors (Lipinski definition) is 1. The fraction of sp³-hybridized carbons (Fsp3) is 0.154. The summed E-state index contributed by atoms with van der Waals surface area (Å²) in [6.45, 7) is 1.76. The van der Waals surface area contributed by atoms with Crippen LogP contribution in [-0.4, -0.2) is 13.4 Å². The molecule has 0 aliphatic carbocycles. The molecular weight excluding hydrogens is 284 g/mol. The molecule has 0 aliphatic heterocycles.